The Morgan fingerprint density at radius 3 is 3.00 bits per heavy atom. The zero-order chi connectivity index (χ0) is 15.0. The number of ether oxygens (including phenoxy) is 1. The molecule has 1 aromatic heterocycles. The molecule has 0 bridgehead atoms. The number of fused-ring (bicyclic) bond motifs is 1. The van der Waals surface area contributed by atoms with Gasteiger partial charge in [0.1, 0.15) is 5.75 Å². The molecule has 0 aliphatic carbocycles. The van der Waals surface area contributed by atoms with Gasteiger partial charge in [0.15, 0.2) is 0 Å². The van der Waals surface area contributed by atoms with Crippen LogP contribution in [-0.2, 0) is 6.42 Å². The average Bonchev–Trinajstić information content (AvgIpc) is 2.97. The summed E-state index contributed by atoms with van der Waals surface area (Å²) in [6, 6.07) is 7.74. The van der Waals surface area contributed by atoms with Crippen LogP contribution in [0.3, 0.4) is 0 Å². The Morgan fingerprint density at radius 1 is 1.43 bits per heavy atom. The fourth-order valence-electron chi connectivity index (χ4n) is 2.74. The standard InChI is InChI=1S/C16H16BrNO2S/c1-10-12-6-8-21-15(12)5-7-18(10)16(19)13-9-11(20-2)3-4-14(13)17/h3-4,6,8-10H,5,7H2,1-2H3. The minimum Gasteiger partial charge on any atom is -0.497 e. The monoisotopic (exact) mass is 365 g/mol. The summed E-state index contributed by atoms with van der Waals surface area (Å²) in [4.78, 5) is 16.2. The zero-order valence-corrected chi connectivity index (χ0v) is 14.3. The van der Waals surface area contributed by atoms with E-state index in [1.54, 1.807) is 24.5 Å². The third kappa shape index (κ3) is 2.60. The molecule has 1 aliphatic heterocycles. The Hall–Kier alpha value is -1.33. The van der Waals surface area contributed by atoms with Crippen molar-refractivity contribution in [3.05, 3.63) is 50.1 Å². The number of halogens is 1. The Labute approximate surface area is 136 Å². The summed E-state index contributed by atoms with van der Waals surface area (Å²) in [5.74, 6) is 0.743. The molecule has 0 spiro atoms. The largest absolute Gasteiger partial charge is 0.497 e. The topological polar surface area (TPSA) is 29.5 Å². The minimum absolute atomic E-state index is 0.0464. The predicted octanol–water partition coefficient (Wildman–Crippen LogP) is 4.28. The molecule has 2 aromatic rings. The summed E-state index contributed by atoms with van der Waals surface area (Å²) in [5.41, 5.74) is 1.93. The maximum absolute atomic E-state index is 12.9. The van der Waals surface area contributed by atoms with Crippen LogP contribution in [0.1, 0.15) is 33.8 Å². The smallest absolute Gasteiger partial charge is 0.255 e. The zero-order valence-electron chi connectivity index (χ0n) is 11.9. The second-order valence-electron chi connectivity index (χ2n) is 5.07. The number of nitrogens with zero attached hydrogens (tertiary/aromatic N) is 1. The van der Waals surface area contributed by atoms with Crippen LogP contribution in [0, 0.1) is 0 Å². The number of carbonyl (C=O) groups is 1. The molecule has 0 saturated carbocycles. The van der Waals surface area contributed by atoms with Gasteiger partial charge in [-0.15, -0.1) is 11.3 Å². The summed E-state index contributed by atoms with van der Waals surface area (Å²) in [7, 11) is 1.61. The maximum atomic E-state index is 12.9. The first-order valence-corrected chi connectivity index (χ1v) is 8.50. The van der Waals surface area contributed by atoms with Crippen molar-refractivity contribution >= 4 is 33.2 Å². The minimum atomic E-state index is 0.0464. The highest BCUT2D eigenvalue weighted by molar-refractivity contribution is 9.10. The number of thiophene rings is 1. The second kappa shape index (κ2) is 5.81. The van der Waals surface area contributed by atoms with Crippen LogP contribution in [0.4, 0.5) is 0 Å². The van der Waals surface area contributed by atoms with E-state index in [1.165, 1.54) is 10.4 Å². The third-order valence-corrected chi connectivity index (χ3v) is 5.63. The molecule has 0 fully saturated rings. The Morgan fingerprint density at radius 2 is 2.24 bits per heavy atom. The first kappa shape index (κ1) is 14.6. The molecule has 0 radical (unpaired) electrons. The van der Waals surface area contributed by atoms with Crippen LogP contribution in [0.2, 0.25) is 0 Å². The summed E-state index contributed by atoms with van der Waals surface area (Å²) in [5, 5.41) is 2.11. The molecule has 1 amide bonds. The van der Waals surface area contributed by atoms with Crippen LogP contribution in [0.5, 0.6) is 5.75 Å². The highest BCUT2D eigenvalue weighted by Gasteiger charge is 2.29. The van der Waals surface area contributed by atoms with Crippen molar-refractivity contribution in [2.45, 2.75) is 19.4 Å². The van der Waals surface area contributed by atoms with Crippen molar-refractivity contribution in [3.8, 4) is 5.75 Å². The Kier molecular flexibility index (Phi) is 4.04. The fourth-order valence-corrected chi connectivity index (χ4v) is 4.12. The van der Waals surface area contributed by atoms with E-state index in [-0.39, 0.29) is 11.9 Å². The van der Waals surface area contributed by atoms with Gasteiger partial charge in [0, 0.05) is 15.9 Å². The molecule has 2 heterocycles. The molecule has 21 heavy (non-hydrogen) atoms. The van der Waals surface area contributed by atoms with Crippen molar-refractivity contribution in [3.63, 3.8) is 0 Å². The van der Waals surface area contributed by atoms with Gasteiger partial charge in [0.2, 0.25) is 0 Å². The molecular formula is C16H16BrNO2S. The fraction of sp³-hybridized carbons (Fsp3) is 0.312. The quantitative estimate of drug-likeness (QED) is 0.794. The van der Waals surface area contributed by atoms with E-state index in [9.17, 15) is 4.79 Å². The molecule has 1 atom stereocenters. The number of benzene rings is 1. The number of hydrogen-bond acceptors (Lipinski definition) is 3. The van der Waals surface area contributed by atoms with Crippen LogP contribution in [-0.4, -0.2) is 24.5 Å². The first-order valence-electron chi connectivity index (χ1n) is 6.82. The molecule has 110 valence electrons. The van der Waals surface area contributed by atoms with Gasteiger partial charge in [-0.05, 0) is 64.5 Å². The van der Waals surface area contributed by atoms with E-state index in [1.807, 2.05) is 17.0 Å². The number of carbonyl (C=O) groups excluding carboxylic acids is 1. The van der Waals surface area contributed by atoms with E-state index < -0.39 is 0 Å². The highest BCUT2D eigenvalue weighted by atomic mass is 79.9. The van der Waals surface area contributed by atoms with Gasteiger partial charge in [-0.25, -0.2) is 0 Å². The normalized spacial score (nSPS) is 17.5. The Bertz CT molecular complexity index is 683. The van der Waals surface area contributed by atoms with E-state index >= 15 is 0 Å². The van der Waals surface area contributed by atoms with Crippen molar-refractivity contribution in [1.82, 2.24) is 4.90 Å². The summed E-state index contributed by atoms with van der Waals surface area (Å²) in [6.07, 6.45) is 0.935. The highest BCUT2D eigenvalue weighted by Crippen LogP contribution is 2.35. The molecule has 0 saturated heterocycles. The lowest BCUT2D eigenvalue weighted by Crippen LogP contribution is -2.38. The average molecular weight is 366 g/mol. The lowest BCUT2D eigenvalue weighted by Gasteiger charge is -2.34. The first-order chi connectivity index (χ1) is 10.1. The molecule has 1 unspecified atom stereocenters. The number of methoxy groups -OCH3 is 1. The van der Waals surface area contributed by atoms with Gasteiger partial charge >= 0.3 is 0 Å². The van der Waals surface area contributed by atoms with Crippen molar-refractivity contribution < 1.29 is 9.53 Å². The summed E-state index contributed by atoms with van der Waals surface area (Å²) >= 11 is 5.25. The number of rotatable bonds is 2. The van der Waals surface area contributed by atoms with Crippen molar-refractivity contribution in [2.75, 3.05) is 13.7 Å². The Balaban J connectivity index is 1.93. The summed E-state index contributed by atoms with van der Waals surface area (Å²) < 4.78 is 6.03. The number of hydrogen-bond donors (Lipinski definition) is 0. The molecule has 3 nitrogen and oxygen atoms in total. The van der Waals surface area contributed by atoms with Gasteiger partial charge in [-0.3, -0.25) is 4.79 Å². The van der Waals surface area contributed by atoms with Gasteiger partial charge < -0.3 is 9.64 Å². The molecular weight excluding hydrogens is 350 g/mol. The van der Waals surface area contributed by atoms with Crippen LogP contribution < -0.4 is 4.74 Å². The van der Waals surface area contributed by atoms with E-state index in [0.717, 1.165) is 17.4 Å². The van der Waals surface area contributed by atoms with E-state index in [2.05, 4.69) is 34.3 Å². The van der Waals surface area contributed by atoms with Crippen molar-refractivity contribution in [1.29, 1.82) is 0 Å². The molecule has 5 heteroatoms. The van der Waals surface area contributed by atoms with Crippen LogP contribution >= 0.6 is 27.3 Å². The molecule has 1 aromatic carbocycles. The van der Waals surface area contributed by atoms with Gasteiger partial charge in [-0.2, -0.15) is 0 Å². The SMILES string of the molecule is COc1ccc(Br)c(C(=O)N2CCc3sccc3C2C)c1. The number of amides is 1. The third-order valence-electron chi connectivity index (χ3n) is 3.94. The van der Waals surface area contributed by atoms with Crippen LogP contribution in [0.25, 0.3) is 0 Å². The van der Waals surface area contributed by atoms with Gasteiger partial charge in [-0.1, -0.05) is 0 Å². The van der Waals surface area contributed by atoms with E-state index in [4.69, 9.17) is 4.74 Å². The van der Waals surface area contributed by atoms with Gasteiger partial charge in [0.05, 0.1) is 18.7 Å². The van der Waals surface area contributed by atoms with Crippen molar-refractivity contribution in [2.24, 2.45) is 0 Å². The van der Waals surface area contributed by atoms with Gasteiger partial charge in [0.25, 0.3) is 5.91 Å². The molecule has 0 N–H and O–H groups in total. The lowest BCUT2D eigenvalue weighted by molar-refractivity contribution is 0.0678. The second-order valence-corrected chi connectivity index (χ2v) is 6.92. The molecule has 3 rings (SSSR count). The predicted molar refractivity (Wildman–Crippen MR) is 88.2 cm³/mol. The summed E-state index contributed by atoms with van der Waals surface area (Å²) in [6.45, 7) is 2.86. The maximum Gasteiger partial charge on any atom is 0.255 e. The lowest BCUT2D eigenvalue weighted by atomic mass is 10.0. The molecule has 1 aliphatic rings. The van der Waals surface area contributed by atoms with E-state index in [0.29, 0.717) is 11.3 Å². The van der Waals surface area contributed by atoms with Crippen LogP contribution in [0.15, 0.2) is 34.1 Å².